The van der Waals surface area contributed by atoms with E-state index in [4.69, 9.17) is 39.0 Å². The molecule has 0 aliphatic carbocycles. The highest BCUT2D eigenvalue weighted by Crippen LogP contribution is 2.26. The highest BCUT2D eigenvalue weighted by molar-refractivity contribution is 7.71. The Labute approximate surface area is 248 Å². The number of aromatic nitrogens is 6. The van der Waals surface area contributed by atoms with Crippen LogP contribution in [0.4, 0.5) is 0 Å². The molecule has 0 aliphatic heterocycles. The molecule has 41 heavy (non-hydrogen) atoms. The van der Waals surface area contributed by atoms with Gasteiger partial charge in [-0.3, -0.25) is 9.13 Å². The van der Waals surface area contributed by atoms with Gasteiger partial charge in [0.1, 0.15) is 21.0 Å². The number of hydrogen-bond donors (Lipinski definition) is 0. The summed E-state index contributed by atoms with van der Waals surface area (Å²) in [5.41, 5.74) is 4.52. The van der Waals surface area contributed by atoms with Gasteiger partial charge in [0.15, 0.2) is 0 Å². The van der Waals surface area contributed by atoms with Crippen LogP contribution in [0.5, 0.6) is 11.5 Å². The fraction of sp³-hybridized carbons (Fsp3) is 0.100. The van der Waals surface area contributed by atoms with Gasteiger partial charge >= 0.3 is 0 Å². The molecule has 0 fully saturated rings. The SMILES string of the molecule is COc1ccccc1-n1ccn([B-](n2nc(-c3ccccc3)cc2C)n2ccn(-c3ccccc3OC)c2=S)c1=S. The molecule has 3 aromatic heterocycles. The fourth-order valence-electron chi connectivity index (χ4n) is 5.00. The van der Waals surface area contributed by atoms with E-state index in [0.29, 0.717) is 9.54 Å². The molecule has 3 aromatic carbocycles. The fourth-order valence-corrected chi connectivity index (χ4v) is 5.63. The van der Waals surface area contributed by atoms with Crippen molar-refractivity contribution in [2.75, 3.05) is 14.2 Å². The van der Waals surface area contributed by atoms with Crippen molar-refractivity contribution >= 4 is 31.6 Å². The largest absolute Gasteiger partial charge is 0.495 e. The number of ether oxygens (including phenoxy) is 2. The molecule has 0 bridgehead atoms. The van der Waals surface area contributed by atoms with Crippen LogP contribution in [0.1, 0.15) is 5.69 Å². The molecule has 0 saturated carbocycles. The second-order valence-corrected chi connectivity index (χ2v) is 10.1. The van der Waals surface area contributed by atoms with Crippen LogP contribution < -0.4 is 9.47 Å². The maximum atomic E-state index is 6.07. The van der Waals surface area contributed by atoms with E-state index in [1.165, 1.54) is 0 Å². The van der Waals surface area contributed by atoms with Crippen molar-refractivity contribution in [2.24, 2.45) is 0 Å². The number of nitrogens with zero attached hydrogens (tertiary/aromatic N) is 6. The third-order valence-corrected chi connectivity index (χ3v) is 7.82. The minimum absolute atomic E-state index is 0.528. The van der Waals surface area contributed by atoms with Crippen LogP contribution in [0.25, 0.3) is 22.6 Å². The molecule has 6 aromatic rings. The molecule has 8 nitrogen and oxygen atoms in total. The number of benzene rings is 3. The zero-order valence-corrected chi connectivity index (χ0v) is 24.4. The summed E-state index contributed by atoms with van der Waals surface area (Å²) in [7, 11) is 2.78. The number of methoxy groups -OCH3 is 2. The van der Waals surface area contributed by atoms with E-state index in [9.17, 15) is 0 Å². The molecule has 0 aliphatic rings. The molecule has 0 N–H and O–H groups in total. The summed E-state index contributed by atoms with van der Waals surface area (Å²) in [5, 5.41) is 5.06. The van der Waals surface area contributed by atoms with Crippen LogP contribution in [-0.2, 0) is 0 Å². The lowest BCUT2D eigenvalue weighted by Crippen LogP contribution is -2.43. The smallest absolute Gasteiger partial charge is 0.227 e. The van der Waals surface area contributed by atoms with E-state index >= 15 is 0 Å². The van der Waals surface area contributed by atoms with E-state index in [1.807, 2.05) is 121 Å². The van der Waals surface area contributed by atoms with Crippen LogP contribution in [0.2, 0.25) is 0 Å². The zero-order chi connectivity index (χ0) is 28.5. The van der Waals surface area contributed by atoms with Gasteiger partial charge in [0, 0.05) is 18.0 Å². The standard InChI is InChI=1S/C30H27BN6O2S2/c1-22-21-24(23-11-5-4-6-12-23)32-37(22)31(35-19-17-33(29(35)40)25-13-7-9-15-27(25)38-2)36-20-18-34(30(36)41)26-14-8-10-16-28(26)39-3/h4-21H,1-3H3/q-1. The second kappa shape index (κ2) is 11.1. The first-order valence-electron chi connectivity index (χ1n) is 13.0. The molecule has 0 atom stereocenters. The van der Waals surface area contributed by atoms with E-state index in [-0.39, 0.29) is 0 Å². The molecule has 3 heterocycles. The minimum atomic E-state index is -0.528. The van der Waals surface area contributed by atoms with Gasteiger partial charge in [-0.15, -0.1) is 0 Å². The average Bonchev–Trinajstić information content (AvgIpc) is 3.71. The number of hydrogen-bond acceptors (Lipinski definition) is 5. The Morgan fingerprint density at radius 3 is 1.66 bits per heavy atom. The molecular weight excluding hydrogens is 551 g/mol. The summed E-state index contributed by atoms with van der Waals surface area (Å²) in [6.45, 7) is 2.04. The first-order chi connectivity index (χ1) is 20.0. The average molecular weight is 579 g/mol. The molecule has 0 unspecified atom stereocenters. The van der Waals surface area contributed by atoms with Gasteiger partial charge in [-0.1, -0.05) is 54.6 Å². The maximum absolute atomic E-state index is 6.07. The lowest BCUT2D eigenvalue weighted by molar-refractivity contribution is 0.412. The molecule has 11 heteroatoms. The molecular formula is C30H27BN6O2S2-. The number of imidazole rings is 2. The van der Waals surface area contributed by atoms with Crippen LogP contribution >= 0.6 is 24.4 Å². The Hall–Kier alpha value is -4.61. The summed E-state index contributed by atoms with van der Waals surface area (Å²) in [5.74, 6) is 1.44. The number of rotatable bonds is 8. The van der Waals surface area contributed by atoms with E-state index in [1.54, 1.807) is 14.2 Å². The quantitative estimate of drug-likeness (QED) is 0.154. The Morgan fingerprint density at radius 2 is 1.15 bits per heavy atom. The van der Waals surface area contributed by atoms with Crippen molar-refractivity contribution in [3.8, 4) is 34.1 Å². The van der Waals surface area contributed by atoms with Crippen molar-refractivity contribution in [1.29, 1.82) is 0 Å². The van der Waals surface area contributed by atoms with Crippen LogP contribution in [0.15, 0.2) is 110 Å². The first-order valence-corrected chi connectivity index (χ1v) is 13.8. The van der Waals surface area contributed by atoms with E-state index < -0.39 is 7.12 Å². The molecule has 1 radical (unpaired) electrons. The topological polar surface area (TPSA) is 56.0 Å². The first kappa shape index (κ1) is 26.6. The summed E-state index contributed by atoms with van der Waals surface area (Å²) >= 11 is 12.1. The van der Waals surface area contributed by atoms with Gasteiger partial charge < -0.3 is 23.0 Å². The minimum Gasteiger partial charge on any atom is -0.495 e. The van der Waals surface area contributed by atoms with Crippen molar-refractivity contribution < 1.29 is 9.47 Å². The van der Waals surface area contributed by atoms with E-state index in [2.05, 4.69) is 18.2 Å². The van der Waals surface area contributed by atoms with Crippen molar-refractivity contribution in [3.63, 3.8) is 0 Å². The Balaban J connectivity index is 1.56. The van der Waals surface area contributed by atoms with Gasteiger partial charge in [0.25, 0.3) is 0 Å². The van der Waals surface area contributed by atoms with Crippen LogP contribution in [-0.4, -0.2) is 49.1 Å². The summed E-state index contributed by atoms with van der Waals surface area (Å²) < 4.78 is 22.2. The second-order valence-electron chi connectivity index (χ2n) is 9.39. The molecule has 0 saturated heterocycles. The van der Waals surface area contributed by atoms with Gasteiger partial charge in [0.05, 0.1) is 31.3 Å². The predicted octanol–water partition coefficient (Wildman–Crippen LogP) is 6.45. The molecule has 6 rings (SSSR count). The summed E-state index contributed by atoms with van der Waals surface area (Å²) in [6, 6.07) is 27.8. The predicted molar refractivity (Wildman–Crippen MR) is 167 cm³/mol. The third-order valence-electron chi connectivity index (χ3n) is 7.00. The van der Waals surface area contributed by atoms with Crippen molar-refractivity contribution in [1.82, 2.24) is 27.8 Å². The highest BCUT2D eigenvalue weighted by Gasteiger charge is 2.18. The van der Waals surface area contributed by atoms with Gasteiger partial charge in [-0.05, 0) is 79.8 Å². The molecule has 205 valence electrons. The number of para-hydroxylation sites is 4. The Kier molecular flexibility index (Phi) is 7.21. The normalized spacial score (nSPS) is 11.2. The molecule has 0 spiro atoms. The van der Waals surface area contributed by atoms with Crippen LogP contribution in [0, 0.1) is 16.5 Å². The highest BCUT2D eigenvalue weighted by atomic mass is 32.1. The van der Waals surface area contributed by atoms with Crippen molar-refractivity contribution in [3.05, 3.63) is 125 Å². The van der Waals surface area contributed by atoms with Crippen LogP contribution in [0.3, 0.4) is 0 Å². The zero-order valence-electron chi connectivity index (χ0n) is 22.8. The number of aryl methyl sites for hydroxylation is 1. The van der Waals surface area contributed by atoms with Gasteiger partial charge in [0.2, 0.25) is 7.12 Å². The molecule has 0 amide bonds. The maximum Gasteiger partial charge on any atom is 0.227 e. The Morgan fingerprint density at radius 1 is 0.659 bits per heavy atom. The van der Waals surface area contributed by atoms with Gasteiger partial charge in [-0.2, -0.15) is 0 Å². The summed E-state index contributed by atoms with van der Waals surface area (Å²) in [4.78, 5) is 0. The monoisotopic (exact) mass is 578 g/mol. The third kappa shape index (κ3) is 4.73. The summed E-state index contributed by atoms with van der Waals surface area (Å²) in [6.07, 6.45) is 7.77. The lowest BCUT2D eigenvalue weighted by Gasteiger charge is -2.33. The Bertz CT molecular complexity index is 1850. The van der Waals surface area contributed by atoms with E-state index in [0.717, 1.165) is 39.8 Å². The lowest BCUT2D eigenvalue weighted by atomic mass is 9.93. The van der Waals surface area contributed by atoms with Gasteiger partial charge in [-0.25, -0.2) is 5.10 Å². The van der Waals surface area contributed by atoms with Crippen molar-refractivity contribution in [2.45, 2.75) is 6.92 Å².